The first-order chi connectivity index (χ1) is 12.6. The van der Waals surface area contributed by atoms with Crippen molar-refractivity contribution in [1.29, 1.82) is 0 Å². The number of benzene rings is 1. The first kappa shape index (κ1) is 18.2. The van der Waals surface area contributed by atoms with E-state index in [1.165, 1.54) is 12.8 Å². The van der Waals surface area contributed by atoms with Crippen LogP contribution in [-0.2, 0) is 0 Å². The minimum Gasteiger partial charge on any atom is -0.491 e. The second-order valence-corrected chi connectivity index (χ2v) is 6.83. The van der Waals surface area contributed by atoms with E-state index in [0.717, 1.165) is 37.4 Å². The van der Waals surface area contributed by atoms with Gasteiger partial charge in [0, 0.05) is 18.8 Å². The van der Waals surface area contributed by atoms with E-state index in [4.69, 9.17) is 4.74 Å². The normalized spacial score (nSPS) is 14.8. The zero-order valence-electron chi connectivity index (χ0n) is 15.4. The Morgan fingerprint density at radius 2 is 1.69 bits per heavy atom. The molecule has 6 heteroatoms. The Morgan fingerprint density at radius 1 is 1.00 bits per heavy atom. The van der Waals surface area contributed by atoms with E-state index < -0.39 is 0 Å². The van der Waals surface area contributed by atoms with Gasteiger partial charge in [-0.05, 0) is 63.1 Å². The fourth-order valence-electron chi connectivity index (χ4n) is 2.99. The second-order valence-electron chi connectivity index (χ2n) is 6.83. The SMILES string of the molecule is CC(C)Oc1ccc(Nc2ccc(C(=O)N3CCCCCC3)nn2)cc1. The molecule has 1 aromatic heterocycles. The molecule has 0 aliphatic carbocycles. The summed E-state index contributed by atoms with van der Waals surface area (Å²) in [6.45, 7) is 5.61. The second kappa shape index (κ2) is 8.65. The topological polar surface area (TPSA) is 67.3 Å². The van der Waals surface area contributed by atoms with Crippen LogP contribution in [0.25, 0.3) is 0 Å². The highest BCUT2D eigenvalue weighted by Gasteiger charge is 2.18. The maximum Gasteiger partial charge on any atom is 0.274 e. The minimum absolute atomic E-state index is 0.0267. The minimum atomic E-state index is -0.0267. The Balaban J connectivity index is 1.61. The third-order valence-electron chi connectivity index (χ3n) is 4.28. The molecule has 1 fully saturated rings. The van der Waals surface area contributed by atoms with Gasteiger partial charge in [-0.1, -0.05) is 12.8 Å². The highest BCUT2D eigenvalue weighted by Crippen LogP contribution is 2.20. The number of likely N-dealkylation sites (tertiary alicyclic amines) is 1. The zero-order valence-corrected chi connectivity index (χ0v) is 15.4. The van der Waals surface area contributed by atoms with Gasteiger partial charge in [-0.15, -0.1) is 10.2 Å². The summed E-state index contributed by atoms with van der Waals surface area (Å²) in [5.41, 5.74) is 1.29. The molecule has 0 bridgehead atoms. The van der Waals surface area contributed by atoms with Gasteiger partial charge in [-0.3, -0.25) is 4.79 Å². The lowest BCUT2D eigenvalue weighted by molar-refractivity contribution is 0.0754. The molecular formula is C20H26N4O2. The van der Waals surface area contributed by atoms with E-state index in [0.29, 0.717) is 11.5 Å². The number of nitrogens with zero attached hydrogens (tertiary/aromatic N) is 3. The Hall–Kier alpha value is -2.63. The van der Waals surface area contributed by atoms with Gasteiger partial charge in [-0.25, -0.2) is 0 Å². The van der Waals surface area contributed by atoms with Crippen LogP contribution in [0.1, 0.15) is 50.0 Å². The number of aromatic nitrogens is 2. The lowest BCUT2D eigenvalue weighted by Gasteiger charge is -2.19. The van der Waals surface area contributed by atoms with Crippen molar-refractivity contribution in [1.82, 2.24) is 15.1 Å². The van der Waals surface area contributed by atoms with Crippen LogP contribution in [0.15, 0.2) is 36.4 Å². The smallest absolute Gasteiger partial charge is 0.274 e. The van der Waals surface area contributed by atoms with Crippen molar-refractivity contribution < 1.29 is 9.53 Å². The van der Waals surface area contributed by atoms with Crippen molar-refractivity contribution in [3.8, 4) is 5.75 Å². The molecule has 1 amide bonds. The van der Waals surface area contributed by atoms with E-state index in [1.54, 1.807) is 12.1 Å². The molecular weight excluding hydrogens is 328 g/mol. The number of nitrogens with one attached hydrogen (secondary N) is 1. The summed E-state index contributed by atoms with van der Waals surface area (Å²) in [5.74, 6) is 1.41. The lowest BCUT2D eigenvalue weighted by Crippen LogP contribution is -2.32. The molecule has 0 spiro atoms. The van der Waals surface area contributed by atoms with E-state index in [9.17, 15) is 4.79 Å². The van der Waals surface area contributed by atoms with Crippen molar-refractivity contribution in [2.24, 2.45) is 0 Å². The van der Waals surface area contributed by atoms with Crippen molar-refractivity contribution >= 4 is 17.4 Å². The Bertz CT molecular complexity index is 706. The quantitative estimate of drug-likeness (QED) is 0.878. The fraction of sp³-hybridized carbons (Fsp3) is 0.450. The summed E-state index contributed by atoms with van der Waals surface area (Å²) >= 11 is 0. The van der Waals surface area contributed by atoms with E-state index in [2.05, 4.69) is 15.5 Å². The Kier molecular flexibility index (Phi) is 6.04. The van der Waals surface area contributed by atoms with Gasteiger partial charge in [0.25, 0.3) is 5.91 Å². The molecule has 3 rings (SSSR count). The standard InChI is InChI=1S/C20H26N4O2/c1-15(2)26-17-9-7-16(8-10-17)21-19-12-11-18(22-23-19)20(25)24-13-5-3-4-6-14-24/h7-12,15H,3-6,13-14H2,1-2H3,(H,21,23). The van der Waals surface area contributed by atoms with E-state index in [1.807, 2.05) is 43.0 Å². The number of amides is 1. The molecule has 26 heavy (non-hydrogen) atoms. The lowest BCUT2D eigenvalue weighted by atomic mass is 10.2. The number of carbonyl (C=O) groups excluding carboxylic acids is 1. The number of ether oxygens (including phenoxy) is 1. The van der Waals surface area contributed by atoms with Gasteiger partial charge in [0.05, 0.1) is 6.10 Å². The maximum atomic E-state index is 12.5. The first-order valence-corrected chi connectivity index (χ1v) is 9.28. The fourth-order valence-corrected chi connectivity index (χ4v) is 2.99. The molecule has 6 nitrogen and oxygen atoms in total. The number of rotatable bonds is 5. The van der Waals surface area contributed by atoms with Crippen molar-refractivity contribution in [3.05, 3.63) is 42.1 Å². The van der Waals surface area contributed by atoms with Crippen molar-refractivity contribution in [2.45, 2.75) is 45.6 Å². The molecule has 1 aliphatic heterocycles. The van der Waals surface area contributed by atoms with Gasteiger partial charge >= 0.3 is 0 Å². The molecule has 138 valence electrons. The number of hydrogen-bond acceptors (Lipinski definition) is 5. The molecule has 1 aliphatic rings. The van der Waals surface area contributed by atoms with Crippen LogP contribution in [0, 0.1) is 0 Å². The summed E-state index contributed by atoms with van der Waals surface area (Å²) in [6, 6.07) is 11.2. The monoisotopic (exact) mass is 354 g/mol. The number of hydrogen-bond donors (Lipinski definition) is 1. The predicted molar refractivity (Wildman–Crippen MR) is 102 cm³/mol. The Labute approximate surface area is 154 Å². The van der Waals surface area contributed by atoms with Gasteiger partial charge in [0.15, 0.2) is 11.5 Å². The molecule has 1 N–H and O–H groups in total. The molecule has 0 unspecified atom stereocenters. The van der Waals surface area contributed by atoms with Crippen molar-refractivity contribution in [2.75, 3.05) is 18.4 Å². The molecule has 0 saturated carbocycles. The summed E-state index contributed by atoms with van der Waals surface area (Å²) in [4.78, 5) is 14.4. The summed E-state index contributed by atoms with van der Waals surface area (Å²) in [7, 11) is 0. The van der Waals surface area contributed by atoms with Gasteiger partial charge < -0.3 is 15.0 Å². The van der Waals surface area contributed by atoms with Crippen LogP contribution in [0.3, 0.4) is 0 Å². The average molecular weight is 354 g/mol. The third-order valence-corrected chi connectivity index (χ3v) is 4.28. The molecule has 0 radical (unpaired) electrons. The van der Waals surface area contributed by atoms with Crippen LogP contribution in [0.5, 0.6) is 5.75 Å². The molecule has 2 aromatic rings. The molecule has 1 saturated heterocycles. The van der Waals surface area contributed by atoms with Crippen LogP contribution >= 0.6 is 0 Å². The number of anilines is 2. The zero-order chi connectivity index (χ0) is 18.4. The first-order valence-electron chi connectivity index (χ1n) is 9.28. The van der Waals surface area contributed by atoms with Gasteiger partial charge in [0.1, 0.15) is 5.75 Å². The maximum absolute atomic E-state index is 12.5. The van der Waals surface area contributed by atoms with Crippen LogP contribution < -0.4 is 10.1 Å². The predicted octanol–water partition coefficient (Wildman–Crippen LogP) is 4.02. The van der Waals surface area contributed by atoms with Crippen LogP contribution in [-0.4, -0.2) is 40.2 Å². The number of carbonyl (C=O) groups is 1. The highest BCUT2D eigenvalue weighted by atomic mass is 16.5. The highest BCUT2D eigenvalue weighted by molar-refractivity contribution is 5.92. The largest absolute Gasteiger partial charge is 0.491 e. The third kappa shape index (κ3) is 4.94. The Morgan fingerprint density at radius 3 is 2.27 bits per heavy atom. The summed E-state index contributed by atoms with van der Waals surface area (Å²) in [5, 5.41) is 11.4. The van der Waals surface area contributed by atoms with E-state index >= 15 is 0 Å². The summed E-state index contributed by atoms with van der Waals surface area (Å²) in [6.07, 6.45) is 4.66. The molecule has 0 atom stereocenters. The summed E-state index contributed by atoms with van der Waals surface area (Å²) < 4.78 is 5.63. The molecule has 1 aromatic carbocycles. The van der Waals surface area contributed by atoms with Gasteiger partial charge in [-0.2, -0.15) is 0 Å². The molecule has 2 heterocycles. The van der Waals surface area contributed by atoms with Crippen LogP contribution in [0.4, 0.5) is 11.5 Å². The van der Waals surface area contributed by atoms with Gasteiger partial charge in [0.2, 0.25) is 0 Å². The average Bonchev–Trinajstić information content (AvgIpc) is 2.92. The van der Waals surface area contributed by atoms with Crippen LogP contribution in [0.2, 0.25) is 0 Å². The van der Waals surface area contributed by atoms with Crippen molar-refractivity contribution in [3.63, 3.8) is 0 Å². The van der Waals surface area contributed by atoms with E-state index in [-0.39, 0.29) is 12.0 Å².